The molecule has 0 bridgehead atoms. The molecule has 0 aliphatic carbocycles. The molecule has 7 heteroatoms. The average molecular weight is 283 g/mol. The van der Waals surface area contributed by atoms with Crippen molar-refractivity contribution in [1.29, 1.82) is 0 Å². The summed E-state index contributed by atoms with van der Waals surface area (Å²) in [6, 6.07) is -0.459. The molecule has 0 atom stereocenters. The van der Waals surface area contributed by atoms with E-state index in [-0.39, 0.29) is 19.3 Å². The second kappa shape index (κ2) is 8.01. The van der Waals surface area contributed by atoms with E-state index in [0.717, 1.165) is 4.90 Å². The van der Waals surface area contributed by atoms with Crippen LogP contribution in [0.25, 0.3) is 0 Å². The summed E-state index contributed by atoms with van der Waals surface area (Å²) in [5, 5.41) is 8.45. The number of carbonyl (C=O) groups is 2. The molecule has 0 aromatic carbocycles. The van der Waals surface area contributed by atoms with E-state index in [1.165, 1.54) is 0 Å². The maximum absolute atomic E-state index is 12.5. The second-order valence-corrected chi connectivity index (χ2v) is 4.35. The molecule has 0 heterocycles. The Morgan fingerprint density at radius 3 is 2.05 bits per heavy atom. The first-order valence-electron chi connectivity index (χ1n) is 6.29. The van der Waals surface area contributed by atoms with E-state index in [2.05, 4.69) is 0 Å². The minimum Gasteiger partial charge on any atom is -0.481 e. The molecule has 1 N–H and O–H groups in total. The largest absolute Gasteiger partial charge is 0.481 e. The Bertz CT molecular complexity index is 301. The Kier molecular flexibility index (Phi) is 7.48. The molecule has 0 aliphatic rings. The quantitative estimate of drug-likeness (QED) is 0.745. The van der Waals surface area contributed by atoms with Gasteiger partial charge in [0.15, 0.2) is 0 Å². The minimum atomic E-state index is -4.44. The topological polar surface area (TPSA) is 57.6 Å². The highest BCUT2D eigenvalue weighted by Crippen LogP contribution is 2.21. The molecule has 0 aromatic rings. The van der Waals surface area contributed by atoms with Crippen LogP contribution in [0.5, 0.6) is 0 Å². The number of aliphatic carboxylic acids is 1. The molecule has 0 rings (SSSR count). The average Bonchev–Trinajstić information content (AvgIpc) is 2.27. The summed E-state index contributed by atoms with van der Waals surface area (Å²) in [4.78, 5) is 22.9. The molecular weight excluding hydrogens is 263 g/mol. The fourth-order valence-electron chi connectivity index (χ4n) is 1.88. The molecule has 0 spiro atoms. The Labute approximate surface area is 110 Å². The van der Waals surface area contributed by atoms with Crippen LogP contribution in [0.1, 0.15) is 46.0 Å². The Morgan fingerprint density at radius 1 is 1.16 bits per heavy atom. The molecular formula is C12H20F3NO3. The SMILES string of the molecule is CCC(CC)N(CC(F)(F)F)C(=O)CCCC(=O)O. The van der Waals surface area contributed by atoms with Crippen LogP contribution in [0.3, 0.4) is 0 Å². The van der Waals surface area contributed by atoms with Crippen molar-refractivity contribution in [2.75, 3.05) is 6.54 Å². The highest BCUT2D eigenvalue weighted by atomic mass is 19.4. The van der Waals surface area contributed by atoms with Crippen LogP contribution in [0.2, 0.25) is 0 Å². The van der Waals surface area contributed by atoms with Gasteiger partial charge in [-0.3, -0.25) is 9.59 Å². The van der Waals surface area contributed by atoms with Gasteiger partial charge in [0, 0.05) is 18.9 Å². The molecule has 0 fully saturated rings. The summed E-state index contributed by atoms with van der Waals surface area (Å²) in [5.41, 5.74) is 0. The highest BCUT2D eigenvalue weighted by molar-refractivity contribution is 5.77. The van der Waals surface area contributed by atoms with Crippen LogP contribution in [-0.2, 0) is 9.59 Å². The predicted octanol–water partition coefficient (Wildman–Crippen LogP) is 2.82. The summed E-state index contributed by atoms with van der Waals surface area (Å²) >= 11 is 0. The fourth-order valence-corrected chi connectivity index (χ4v) is 1.88. The van der Waals surface area contributed by atoms with Crippen LogP contribution < -0.4 is 0 Å². The first kappa shape index (κ1) is 17.7. The van der Waals surface area contributed by atoms with Crippen LogP contribution in [0, 0.1) is 0 Å². The van der Waals surface area contributed by atoms with Gasteiger partial charge in [-0.15, -0.1) is 0 Å². The molecule has 0 radical (unpaired) electrons. The molecule has 0 aliphatic heterocycles. The number of carboxylic acid groups (broad SMARTS) is 1. The van der Waals surface area contributed by atoms with E-state index >= 15 is 0 Å². The zero-order chi connectivity index (χ0) is 15.1. The summed E-state index contributed by atoms with van der Waals surface area (Å²) < 4.78 is 37.4. The van der Waals surface area contributed by atoms with Gasteiger partial charge < -0.3 is 10.0 Å². The minimum absolute atomic E-state index is 0.0582. The van der Waals surface area contributed by atoms with Crippen molar-refractivity contribution in [2.24, 2.45) is 0 Å². The van der Waals surface area contributed by atoms with Gasteiger partial charge in [0.05, 0.1) is 0 Å². The van der Waals surface area contributed by atoms with E-state index in [1.807, 2.05) is 0 Å². The number of rotatable bonds is 8. The number of hydrogen-bond acceptors (Lipinski definition) is 2. The number of carbonyl (C=O) groups excluding carboxylic acids is 1. The summed E-state index contributed by atoms with van der Waals surface area (Å²) in [6.07, 6.45) is -3.88. The molecule has 1 amide bonds. The lowest BCUT2D eigenvalue weighted by Gasteiger charge is -2.31. The summed E-state index contributed by atoms with van der Waals surface area (Å²) in [7, 11) is 0. The lowest BCUT2D eigenvalue weighted by atomic mass is 10.1. The molecule has 4 nitrogen and oxygen atoms in total. The monoisotopic (exact) mass is 283 g/mol. The van der Waals surface area contributed by atoms with Crippen molar-refractivity contribution < 1.29 is 27.9 Å². The van der Waals surface area contributed by atoms with Crippen LogP contribution in [0.4, 0.5) is 13.2 Å². The van der Waals surface area contributed by atoms with Gasteiger partial charge in [0.1, 0.15) is 6.54 Å². The van der Waals surface area contributed by atoms with Gasteiger partial charge in [-0.2, -0.15) is 13.2 Å². The van der Waals surface area contributed by atoms with Gasteiger partial charge in [0.25, 0.3) is 0 Å². The number of alkyl halides is 3. The number of amides is 1. The third-order valence-corrected chi connectivity index (χ3v) is 2.83. The number of nitrogens with zero attached hydrogens (tertiary/aromatic N) is 1. The number of halogens is 3. The normalized spacial score (nSPS) is 11.7. The van der Waals surface area contributed by atoms with Crippen molar-refractivity contribution in [3.8, 4) is 0 Å². The molecule has 19 heavy (non-hydrogen) atoms. The first-order chi connectivity index (χ1) is 8.71. The first-order valence-corrected chi connectivity index (χ1v) is 6.29. The van der Waals surface area contributed by atoms with Crippen LogP contribution in [-0.4, -0.2) is 40.6 Å². The van der Waals surface area contributed by atoms with E-state index in [9.17, 15) is 22.8 Å². The Morgan fingerprint density at radius 2 is 1.68 bits per heavy atom. The smallest absolute Gasteiger partial charge is 0.406 e. The predicted molar refractivity (Wildman–Crippen MR) is 63.6 cm³/mol. The van der Waals surface area contributed by atoms with Gasteiger partial charge >= 0.3 is 12.1 Å². The second-order valence-electron chi connectivity index (χ2n) is 4.35. The maximum atomic E-state index is 12.5. The van der Waals surface area contributed by atoms with Crippen molar-refractivity contribution in [3.63, 3.8) is 0 Å². The maximum Gasteiger partial charge on any atom is 0.406 e. The molecule has 0 saturated carbocycles. The van der Waals surface area contributed by atoms with Crippen molar-refractivity contribution >= 4 is 11.9 Å². The molecule has 0 aromatic heterocycles. The number of carboxylic acids is 1. The molecule has 0 unspecified atom stereocenters. The zero-order valence-corrected chi connectivity index (χ0v) is 11.2. The molecule has 112 valence electrons. The summed E-state index contributed by atoms with van der Waals surface area (Å²) in [5.74, 6) is -1.69. The Balaban J connectivity index is 4.63. The lowest BCUT2D eigenvalue weighted by Crippen LogP contribution is -2.45. The van der Waals surface area contributed by atoms with E-state index in [1.54, 1.807) is 13.8 Å². The Hall–Kier alpha value is -1.27. The fraction of sp³-hybridized carbons (Fsp3) is 0.833. The van der Waals surface area contributed by atoms with Crippen LogP contribution >= 0.6 is 0 Å². The van der Waals surface area contributed by atoms with Gasteiger partial charge in [-0.05, 0) is 19.3 Å². The standard InChI is InChI=1S/C12H20F3NO3/c1-3-9(4-2)16(8-12(13,14)15)10(17)6-5-7-11(18)19/h9H,3-8H2,1-2H3,(H,18,19). The van der Waals surface area contributed by atoms with Gasteiger partial charge in [-0.25, -0.2) is 0 Å². The van der Waals surface area contributed by atoms with Crippen molar-refractivity contribution in [1.82, 2.24) is 4.90 Å². The third-order valence-electron chi connectivity index (χ3n) is 2.83. The van der Waals surface area contributed by atoms with E-state index in [0.29, 0.717) is 12.8 Å². The zero-order valence-electron chi connectivity index (χ0n) is 11.2. The lowest BCUT2D eigenvalue weighted by molar-refractivity contribution is -0.166. The van der Waals surface area contributed by atoms with Gasteiger partial charge in [0.2, 0.25) is 5.91 Å². The number of hydrogen-bond donors (Lipinski definition) is 1. The third kappa shape index (κ3) is 7.69. The van der Waals surface area contributed by atoms with E-state index < -0.39 is 30.6 Å². The van der Waals surface area contributed by atoms with Gasteiger partial charge in [-0.1, -0.05) is 13.8 Å². The summed E-state index contributed by atoms with van der Waals surface area (Å²) in [6.45, 7) is 2.18. The highest BCUT2D eigenvalue weighted by Gasteiger charge is 2.35. The van der Waals surface area contributed by atoms with E-state index in [4.69, 9.17) is 5.11 Å². The van der Waals surface area contributed by atoms with Crippen molar-refractivity contribution in [3.05, 3.63) is 0 Å². The van der Waals surface area contributed by atoms with Crippen molar-refractivity contribution in [2.45, 2.75) is 58.2 Å². The molecule has 0 saturated heterocycles. The van der Waals surface area contributed by atoms with Crippen LogP contribution in [0.15, 0.2) is 0 Å².